The quantitative estimate of drug-likeness (QED) is 0.385. The van der Waals surface area contributed by atoms with Gasteiger partial charge < -0.3 is 62.0 Å². The Kier molecular flexibility index (Phi) is 862. The van der Waals surface area contributed by atoms with E-state index in [2.05, 4.69) is 0 Å². The maximum absolute atomic E-state index is 0. The van der Waals surface area contributed by atoms with Crippen LogP contribution in [0.5, 0.6) is 0 Å². The van der Waals surface area contributed by atoms with E-state index in [4.69, 9.17) is 0 Å². The maximum Gasteiger partial charge on any atom is 4.00 e. The predicted octanol–water partition coefficient (Wildman–Crippen LogP) is -18.0. The number of halogens is 5. The van der Waals surface area contributed by atoms with Gasteiger partial charge in [0, 0.05) is 0 Å². The molecule has 0 aromatic rings. The van der Waals surface area contributed by atoms with Crippen LogP contribution in [0.25, 0.3) is 0 Å². The SMILES string of the molecule is [Cl-].[Cl-].[Cl-].[Cl-].[Cl-].[Li+].[Zr+4]. The monoisotopic (exact) mass is 272 g/mol. The van der Waals surface area contributed by atoms with E-state index < -0.39 is 0 Å². The first-order valence-corrected chi connectivity index (χ1v) is 0. The van der Waals surface area contributed by atoms with Crippen LogP contribution in [0.4, 0.5) is 0 Å². The second-order valence-electron chi connectivity index (χ2n) is 0. The summed E-state index contributed by atoms with van der Waals surface area (Å²) < 4.78 is 0. The molecule has 0 aromatic carbocycles. The number of rotatable bonds is 0. The molecule has 7 heavy (non-hydrogen) atoms. The van der Waals surface area contributed by atoms with E-state index in [1.54, 1.807) is 0 Å². The number of hydrogen-bond donors (Lipinski definition) is 0. The van der Waals surface area contributed by atoms with Gasteiger partial charge in [-0.2, -0.15) is 0 Å². The van der Waals surface area contributed by atoms with Crippen molar-refractivity contribution < 1.29 is 107 Å². The smallest absolute Gasteiger partial charge is 1.00 e. The minimum Gasteiger partial charge on any atom is -1.00 e. The second-order valence-corrected chi connectivity index (χ2v) is 0. The van der Waals surface area contributed by atoms with Crippen molar-refractivity contribution >= 4 is 0 Å². The van der Waals surface area contributed by atoms with E-state index >= 15 is 0 Å². The molecular formula is Cl5LiZr. The van der Waals surface area contributed by atoms with Crippen molar-refractivity contribution in [2.75, 3.05) is 0 Å². The predicted molar refractivity (Wildman–Crippen MR) is 0 cm³/mol. The third-order valence-corrected chi connectivity index (χ3v) is 0. The van der Waals surface area contributed by atoms with Gasteiger partial charge in [-0.05, 0) is 0 Å². The van der Waals surface area contributed by atoms with E-state index in [1.807, 2.05) is 0 Å². The van der Waals surface area contributed by atoms with Gasteiger partial charge in [0.25, 0.3) is 0 Å². The van der Waals surface area contributed by atoms with Gasteiger partial charge in [-0.1, -0.05) is 0 Å². The molecule has 40 valence electrons. The molecule has 0 heterocycles. The van der Waals surface area contributed by atoms with E-state index in [1.165, 1.54) is 0 Å². The van der Waals surface area contributed by atoms with Crippen LogP contribution in [0, 0.1) is 0 Å². The van der Waals surface area contributed by atoms with Gasteiger partial charge in [0.05, 0.1) is 0 Å². The van der Waals surface area contributed by atoms with E-state index in [0.717, 1.165) is 0 Å². The van der Waals surface area contributed by atoms with E-state index in [9.17, 15) is 0 Å². The van der Waals surface area contributed by atoms with Crippen LogP contribution >= 0.6 is 0 Å². The van der Waals surface area contributed by atoms with Crippen molar-refractivity contribution in [1.82, 2.24) is 0 Å². The molecule has 0 radical (unpaired) electrons. The summed E-state index contributed by atoms with van der Waals surface area (Å²) in [6, 6.07) is 0. The molecule has 0 amide bonds. The molecule has 0 spiro atoms. The molecule has 0 aliphatic rings. The molecule has 0 fully saturated rings. The Labute approximate surface area is 106 Å². The topological polar surface area (TPSA) is 0 Å². The fourth-order valence-electron chi connectivity index (χ4n) is 0. The van der Waals surface area contributed by atoms with Gasteiger partial charge in [-0.15, -0.1) is 0 Å². The van der Waals surface area contributed by atoms with Crippen LogP contribution in [0.3, 0.4) is 0 Å². The zero-order valence-electron chi connectivity index (χ0n) is 3.39. The fourth-order valence-corrected chi connectivity index (χ4v) is 0. The minimum absolute atomic E-state index is 0. The zero-order chi connectivity index (χ0) is 0. The van der Waals surface area contributed by atoms with Crippen LogP contribution in [0.1, 0.15) is 0 Å². The fraction of sp³-hybridized carbons (Fsp3) is 0. The Morgan fingerprint density at radius 1 is 0.429 bits per heavy atom. The summed E-state index contributed by atoms with van der Waals surface area (Å²) in [6.07, 6.45) is 0. The first-order valence-electron chi connectivity index (χ1n) is 0. The molecule has 0 unspecified atom stereocenters. The van der Waals surface area contributed by atoms with Crippen molar-refractivity contribution in [3.63, 3.8) is 0 Å². The molecule has 0 N–H and O–H groups in total. The molecule has 0 aliphatic heterocycles. The maximum atomic E-state index is 0. The Morgan fingerprint density at radius 3 is 0.429 bits per heavy atom. The summed E-state index contributed by atoms with van der Waals surface area (Å²) in [5.41, 5.74) is 0. The minimum atomic E-state index is 0. The average molecular weight is 275 g/mol. The Balaban J connectivity index is 0. The molecular weight excluding hydrogens is 275 g/mol. The van der Waals surface area contributed by atoms with Crippen LogP contribution in [0.2, 0.25) is 0 Å². The Morgan fingerprint density at radius 2 is 0.429 bits per heavy atom. The molecule has 0 atom stereocenters. The average Bonchev–Trinajstić information content (AvgIpc) is 0. The summed E-state index contributed by atoms with van der Waals surface area (Å²) in [4.78, 5) is 0. The van der Waals surface area contributed by atoms with Gasteiger partial charge in [0.1, 0.15) is 0 Å². The summed E-state index contributed by atoms with van der Waals surface area (Å²) in [6.45, 7) is 0. The molecule has 0 rings (SSSR count). The first-order chi connectivity index (χ1) is 0. The van der Waals surface area contributed by atoms with Crippen molar-refractivity contribution in [2.24, 2.45) is 0 Å². The van der Waals surface area contributed by atoms with E-state index in [-0.39, 0.29) is 107 Å². The zero-order valence-corrected chi connectivity index (χ0v) is 9.63. The van der Waals surface area contributed by atoms with Crippen molar-refractivity contribution in [3.05, 3.63) is 0 Å². The van der Waals surface area contributed by atoms with Crippen LogP contribution in [0.15, 0.2) is 0 Å². The molecule has 0 aromatic heterocycles. The molecule has 7 heteroatoms. The summed E-state index contributed by atoms with van der Waals surface area (Å²) in [5, 5.41) is 0. The largest absolute Gasteiger partial charge is 4.00 e. The molecule has 0 bridgehead atoms. The Hall–Kier alpha value is 2.93. The molecule has 0 saturated heterocycles. The molecule has 0 nitrogen and oxygen atoms in total. The van der Waals surface area contributed by atoms with Crippen LogP contribution in [-0.4, -0.2) is 0 Å². The van der Waals surface area contributed by atoms with E-state index in [0.29, 0.717) is 0 Å². The van der Waals surface area contributed by atoms with Gasteiger partial charge in [0.15, 0.2) is 0 Å². The van der Waals surface area contributed by atoms with Gasteiger partial charge in [-0.25, -0.2) is 0 Å². The van der Waals surface area contributed by atoms with Gasteiger partial charge >= 0.3 is 45.1 Å². The van der Waals surface area contributed by atoms with Gasteiger partial charge in [-0.3, -0.25) is 0 Å². The third kappa shape index (κ3) is 49.9. The second kappa shape index (κ2) is 65.4. The van der Waals surface area contributed by atoms with Crippen LogP contribution < -0.4 is 80.9 Å². The Bertz CT molecular complexity index is 8.04. The van der Waals surface area contributed by atoms with Crippen molar-refractivity contribution in [1.29, 1.82) is 0 Å². The molecule has 0 aliphatic carbocycles. The first kappa shape index (κ1) is 92.2. The normalized spacial score (nSPS) is 0. The standard InChI is InChI=1S/5ClH.Li.Zr/h5*1H;;/q;;;;;+1;+4/p-5. The van der Waals surface area contributed by atoms with Crippen LogP contribution in [-0.2, 0) is 26.2 Å². The summed E-state index contributed by atoms with van der Waals surface area (Å²) in [7, 11) is 0. The molecule has 0 saturated carbocycles. The van der Waals surface area contributed by atoms with Gasteiger partial charge in [0.2, 0.25) is 0 Å². The summed E-state index contributed by atoms with van der Waals surface area (Å²) in [5.74, 6) is 0. The van der Waals surface area contributed by atoms with Crippen molar-refractivity contribution in [2.45, 2.75) is 0 Å². The third-order valence-electron chi connectivity index (χ3n) is 0. The van der Waals surface area contributed by atoms with Crippen molar-refractivity contribution in [3.8, 4) is 0 Å². The number of hydrogen-bond acceptors (Lipinski definition) is 0. The summed E-state index contributed by atoms with van der Waals surface area (Å²) >= 11 is 0.